The van der Waals surface area contributed by atoms with E-state index < -0.39 is 0 Å². The molecule has 25 heavy (non-hydrogen) atoms. The van der Waals surface area contributed by atoms with E-state index in [0.29, 0.717) is 6.61 Å². The molecule has 0 radical (unpaired) electrons. The predicted octanol–water partition coefficient (Wildman–Crippen LogP) is 4.78. The summed E-state index contributed by atoms with van der Waals surface area (Å²) >= 11 is 3.61. The van der Waals surface area contributed by atoms with Crippen molar-refractivity contribution in [1.82, 2.24) is 4.57 Å². The van der Waals surface area contributed by atoms with E-state index in [0.717, 1.165) is 33.7 Å². The molecule has 0 amide bonds. The summed E-state index contributed by atoms with van der Waals surface area (Å²) in [7, 11) is 1.69. The van der Waals surface area contributed by atoms with Crippen LogP contribution in [0.4, 0.5) is 5.69 Å². The van der Waals surface area contributed by atoms with E-state index >= 15 is 0 Å². The molecule has 1 aliphatic rings. The third-order valence-electron chi connectivity index (χ3n) is 4.41. The summed E-state index contributed by atoms with van der Waals surface area (Å²) in [5, 5.41) is 0. The normalized spacial score (nSPS) is 17.0. The van der Waals surface area contributed by atoms with Gasteiger partial charge in [-0.3, -0.25) is 0 Å². The molecule has 1 aliphatic heterocycles. The molecule has 0 unspecified atom stereocenters. The molecule has 0 spiro atoms. The third kappa shape index (κ3) is 3.17. The second-order valence-electron chi connectivity index (χ2n) is 5.92. The minimum atomic E-state index is -0.0872. The number of rotatable bonds is 4. The monoisotopic (exact) mass is 398 g/mol. The number of hydrogen-bond acceptors (Lipinski definition) is 3. The van der Waals surface area contributed by atoms with E-state index in [1.807, 2.05) is 36.4 Å². The van der Waals surface area contributed by atoms with Gasteiger partial charge in [-0.25, -0.2) is 0 Å². The zero-order valence-electron chi connectivity index (χ0n) is 13.9. The van der Waals surface area contributed by atoms with Crippen molar-refractivity contribution >= 4 is 21.6 Å². The molecule has 1 aromatic heterocycles. The molecule has 4 nitrogen and oxygen atoms in total. The van der Waals surface area contributed by atoms with E-state index in [-0.39, 0.29) is 6.23 Å². The summed E-state index contributed by atoms with van der Waals surface area (Å²) in [5.41, 5.74) is 3.35. The largest absolute Gasteiger partial charge is 0.497 e. The first-order valence-corrected chi connectivity index (χ1v) is 9.00. The van der Waals surface area contributed by atoms with Gasteiger partial charge >= 0.3 is 0 Å². The molecule has 1 atom stereocenters. The first-order chi connectivity index (χ1) is 12.3. The van der Waals surface area contributed by atoms with E-state index in [2.05, 4.69) is 56.0 Å². The van der Waals surface area contributed by atoms with Gasteiger partial charge in [-0.15, -0.1) is 0 Å². The van der Waals surface area contributed by atoms with Gasteiger partial charge in [0.05, 0.1) is 19.4 Å². The van der Waals surface area contributed by atoms with E-state index in [1.165, 1.54) is 0 Å². The van der Waals surface area contributed by atoms with Crippen LogP contribution in [0, 0.1) is 0 Å². The van der Waals surface area contributed by atoms with Gasteiger partial charge in [0.2, 0.25) is 0 Å². The average molecular weight is 399 g/mol. The highest BCUT2D eigenvalue weighted by atomic mass is 79.9. The van der Waals surface area contributed by atoms with Crippen LogP contribution in [0.2, 0.25) is 0 Å². The van der Waals surface area contributed by atoms with Crippen LogP contribution >= 0.6 is 15.9 Å². The minimum Gasteiger partial charge on any atom is -0.497 e. The third-order valence-corrected chi connectivity index (χ3v) is 5.08. The molecule has 128 valence electrons. The molecule has 1 saturated heterocycles. The van der Waals surface area contributed by atoms with Gasteiger partial charge in [0.25, 0.3) is 0 Å². The first kappa shape index (κ1) is 16.2. The van der Waals surface area contributed by atoms with Crippen LogP contribution < -0.4 is 9.64 Å². The lowest BCUT2D eigenvalue weighted by atomic mass is 10.2. The lowest BCUT2D eigenvalue weighted by Gasteiger charge is -2.25. The topological polar surface area (TPSA) is 26.6 Å². The molecule has 0 aliphatic carbocycles. The Hall–Kier alpha value is -2.24. The fourth-order valence-corrected chi connectivity index (χ4v) is 3.66. The number of anilines is 1. The maximum Gasteiger partial charge on any atom is 0.158 e. The van der Waals surface area contributed by atoms with Gasteiger partial charge in [-0.2, -0.15) is 0 Å². The van der Waals surface area contributed by atoms with Crippen molar-refractivity contribution in [2.75, 3.05) is 25.2 Å². The molecule has 0 saturated carbocycles. The second-order valence-corrected chi connectivity index (χ2v) is 6.78. The Kier molecular flexibility index (Phi) is 4.51. The predicted molar refractivity (Wildman–Crippen MR) is 103 cm³/mol. The number of nitrogens with zero attached hydrogens (tertiary/aromatic N) is 2. The van der Waals surface area contributed by atoms with Crippen LogP contribution in [-0.2, 0) is 4.74 Å². The fourth-order valence-electron chi connectivity index (χ4n) is 3.17. The zero-order valence-corrected chi connectivity index (χ0v) is 15.5. The molecule has 0 N–H and O–H groups in total. The zero-order chi connectivity index (χ0) is 17.2. The van der Waals surface area contributed by atoms with E-state index in [9.17, 15) is 0 Å². The summed E-state index contributed by atoms with van der Waals surface area (Å²) in [6, 6.07) is 18.4. The van der Waals surface area contributed by atoms with Crippen molar-refractivity contribution in [1.29, 1.82) is 0 Å². The highest BCUT2D eigenvalue weighted by Gasteiger charge is 2.28. The summed E-state index contributed by atoms with van der Waals surface area (Å²) in [6.07, 6.45) is 4.11. The fraction of sp³-hybridized carbons (Fsp3) is 0.200. The van der Waals surface area contributed by atoms with Gasteiger partial charge in [0.1, 0.15) is 5.75 Å². The van der Waals surface area contributed by atoms with Crippen molar-refractivity contribution in [2.45, 2.75) is 6.23 Å². The Labute approximate surface area is 155 Å². The van der Waals surface area contributed by atoms with Crippen LogP contribution in [-0.4, -0.2) is 24.8 Å². The lowest BCUT2D eigenvalue weighted by molar-refractivity contribution is 0.114. The molecule has 2 heterocycles. The number of para-hydroxylation sites is 1. The number of ether oxygens (including phenoxy) is 2. The summed E-state index contributed by atoms with van der Waals surface area (Å²) < 4.78 is 14.6. The standard InChI is InChI=1S/C20H19BrN2O2/c1-24-17-6-4-5-16(13-17)23-11-12-25-20(23)15-9-10-22(14-15)19-8-3-2-7-18(19)21/h2-10,13-14,20H,11-12H2,1H3/t20-/m0/s1. The molecule has 4 rings (SSSR count). The summed E-state index contributed by atoms with van der Waals surface area (Å²) in [5.74, 6) is 0.855. The average Bonchev–Trinajstić information content (AvgIpc) is 3.31. The van der Waals surface area contributed by atoms with Crippen molar-refractivity contribution in [3.63, 3.8) is 0 Å². The molecule has 0 bridgehead atoms. The lowest BCUT2D eigenvalue weighted by Crippen LogP contribution is -2.22. The van der Waals surface area contributed by atoms with Gasteiger partial charge in [0, 0.05) is 40.7 Å². The van der Waals surface area contributed by atoms with Crippen molar-refractivity contribution < 1.29 is 9.47 Å². The van der Waals surface area contributed by atoms with Crippen LogP contribution in [0.15, 0.2) is 71.5 Å². The van der Waals surface area contributed by atoms with Crippen LogP contribution in [0.25, 0.3) is 5.69 Å². The number of aromatic nitrogens is 1. The van der Waals surface area contributed by atoms with Crippen LogP contribution in [0.3, 0.4) is 0 Å². The van der Waals surface area contributed by atoms with Crippen LogP contribution in [0.5, 0.6) is 5.75 Å². The Balaban J connectivity index is 1.64. The minimum absolute atomic E-state index is 0.0872. The molecule has 2 aromatic carbocycles. The molecule has 5 heteroatoms. The Morgan fingerprint density at radius 3 is 2.84 bits per heavy atom. The highest BCUT2D eigenvalue weighted by Crippen LogP contribution is 2.34. The van der Waals surface area contributed by atoms with Gasteiger partial charge < -0.3 is 18.9 Å². The summed E-state index contributed by atoms with van der Waals surface area (Å²) in [4.78, 5) is 2.27. The molecular formula is C20H19BrN2O2. The van der Waals surface area contributed by atoms with Crippen molar-refractivity contribution in [3.05, 3.63) is 77.0 Å². The van der Waals surface area contributed by atoms with Gasteiger partial charge in [0.15, 0.2) is 6.23 Å². The van der Waals surface area contributed by atoms with E-state index in [1.54, 1.807) is 7.11 Å². The van der Waals surface area contributed by atoms with Gasteiger partial charge in [-0.1, -0.05) is 18.2 Å². The van der Waals surface area contributed by atoms with Crippen molar-refractivity contribution in [3.8, 4) is 11.4 Å². The Morgan fingerprint density at radius 1 is 1.12 bits per heavy atom. The SMILES string of the molecule is COc1cccc(N2CCO[C@H]2c2ccn(-c3ccccc3Br)c2)c1. The first-order valence-electron chi connectivity index (χ1n) is 8.21. The van der Waals surface area contributed by atoms with Crippen LogP contribution in [0.1, 0.15) is 11.8 Å². The number of benzene rings is 2. The van der Waals surface area contributed by atoms with Crippen molar-refractivity contribution in [2.24, 2.45) is 0 Å². The Bertz CT molecular complexity index is 877. The van der Waals surface area contributed by atoms with E-state index in [4.69, 9.17) is 9.47 Å². The Morgan fingerprint density at radius 2 is 2.00 bits per heavy atom. The second kappa shape index (κ2) is 6.94. The maximum atomic E-state index is 6.02. The molecule has 3 aromatic rings. The number of halogens is 1. The molecule has 1 fully saturated rings. The highest BCUT2D eigenvalue weighted by molar-refractivity contribution is 9.10. The quantitative estimate of drug-likeness (QED) is 0.632. The smallest absolute Gasteiger partial charge is 0.158 e. The van der Waals surface area contributed by atoms with Gasteiger partial charge in [-0.05, 0) is 46.3 Å². The summed E-state index contributed by atoms with van der Waals surface area (Å²) in [6.45, 7) is 1.57. The number of methoxy groups -OCH3 is 1. The number of hydrogen-bond donors (Lipinski definition) is 0. The molecular weight excluding hydrogens is 380 g/mol. The maximum absolute atomic E-state index is 6.02.